The number of fused-ring (bicyclic) bond motifs is 1. The Balaban J connectivity index is 2.05. The van der Waals surface area contributed by atoms with Crippen LogP contribution in [0.2, 0.25) is 5.02 Å². The van der Waals surface area contributed by atoms with Crippen LogP contribution in [0.3, 0.4) is 0 Å². The summed E-state index contributed by atoms with van der Waals surface area (Å²) in [5.74, 6) is -0.155. The highest BCUT2D eigenvalue weighted by Gasteiger charge is 2.16. The third kappa shape index (κ3) is 3.08. The Hall–Kier alpha value is -2.33. The summed E-state index contributed by atoms with van der Waals surface area (Å²) in [6, 6.07) is 13.7. The summed E-state index contributed by atoms with van der Waals surface area (Å²) in [5.41, 5.74) is 3.47. The molecule has 5 heteroatoms. The Morgan fingerprint density at radius 1 is 1.26 bits per heavy atom. The number of aryl methyl sites for hydroxylation is 1. The van der Waals surface area contributed by atoms with Crippen molar-refractivity contribution in [3.05, 3.63) is 64.3 Å². The van der Waals surface area contributed by atoms with Crippen LogP contribution in [0.1, 0.15) is 28.5 Å². The van der Waals surface area contributed by atoms with Crippen LogP contribution in [0.4, 0.5) is 0 Å². The van der Waals surface area contributed by atoms with Gasteiger partial charge in [-0.3, -0.25) is 9.48 Å². The molecule has 0 saturated carbocycles. The fourth-order valence-electron chi connectivity index (χ4n) is 2.60. The van der Waals surface area contributed by atoms with Crippen LogP contribution in [-0.4, -0.2) is 22.2 Å². The molecule has 4 nitrogen and oxygen atoms in total. The highest BCUT2D eigenvalue weighted by Crippen LogP contribution is 2.23. The molecular formula is C18H18ClN3O. The van der Waals surface area contributed by atoms with Gasteiger partial charge in [0, 0.05) is 17.0 Å². The monoisotopic (exact) mass is 327 g/mol. The maximum Gasteiger partial charge on any atom is 0.272 e. The molecule has 0 unspecified atom stereocenters. The summed E-state index contributed by atoms with van der Waals surface area (Å²) in [5, 5.41) is 8.88. The van der Waals surface area contributed by atoms with Crippen LogP contribution in [0.5, 0.6) is 0 Å². The molecule has 3 rings (SSSR count). The number of nitrogens with one attached hydrogen (secondary N) is 1. The first-order chi connectivity index (χ1) is 11.1. The van der Waals surface area contributed by atoms with E-state index in [2.05, 4.69) is 10.4 Å². The molecule has 0 saturated heterocycles. The van der Waals surface area contributed by atoms with Gasteiger partial charge in [0.05, 0.1) is 12.1 Å². The molecule has 2 aromatic carbocycles. The molecule has 0 radical (unpaired) electrons. The fourth-order valence-corrected chi connectivity index (χ4v) is 2.90. The molecule has 1 aromatic heterocycles. The number of nitrogens with zero attached hydrogens (tertiary/aromatic N) is 2. The van der Waals surface area contributed by atoms with E-state index in [1.807, 2.05) is 61.0 Å². The van der Waals surface area contributed by atoms with Crippen LogP contribution in [0.25, 0.3) is 10.9 Å². The Kier molecular flexibility index (Phi) is 4.35. The quantitative estimate of drug-likeness (QED) is 0.792. The minimum atomic E-state index is -0.155. The lowest BCUT2D eigenvalue weighted by Crippen LogP contribution is -2.23. The van der Waals surface area contributed by atoms with Gasteiger partial charge in [-0.25, -0.2) is 0 Å². The zero-order valence-corrected chi connectivity index (χ0v) is 13.9. The number of carbonyl (C=O) groups excluding carboxylic acids is 1. The maximum absolute atomic E-state index is 12.2. The summed E-state index contributed by atoms with van der Waals surface area (Å²) < 4.78 is 1.83. The molecule has 0 spiro atoms. The second kappa shape index (κ2) is 6.42. The number of halogens is 1. The van der Waals surface area contributed by atoms with Gasteiger partial charge in [0.25, 0.3) is 5.91 Å². The third-order valence-corrected chi connectivity index (χ3v) is 4.09. The molecule has 118 valence electrons. The second-order valence-electron chi connectivity index (χ2n) is 5.48. The van der Waals surface area contributed by atoms with Crippen molar-refractivity contribution in [2.45, 2.75) is 20.4 Å². The van der Waals surface area contributed by atoms with Gasteiger partial charge in [0.15, 0.2) is 5.69 Å². The molecule has 1 heterocycles. The van der Waals surface area contributed by atoms with E-state index < -0.39 is 0 Å². The summed E-state index contributed by atoms with van der Waals surface area (Å²) in [7, 11) is 0. The summed E-state index contributed by atoms with van der Waals surface area (Å²) in [6.45, 7) is 5.00. The van der Waals surface area contributed by atoms with E-state index in [1.165, 1.54) is 0 Å². The number of hydrogen-bond acceptors (Lipinski definition) is 2. The lowest BCUT2D eigenvalue weighted by atomic mass is 10.1. The van der Waals surface area contributed by atoms with Crippen molar-refractivity contribution in [1.29, 1.82) is 0 Å². The van der Waals surface area contributed by atoms with E-state index in [-0.39, 0.29) is 5.91 Å². The first-order valence-electron chi connectivity index (χ1n) is 7.59. The average Bonchev–Trinajstić information content (AvgIpc) is 2.89. The van der Waals surface area contributed by atoms with Gasteiger partial charge in [0.1, 0.15) is 0 Å². The largest absolute Gasteiger partial charge is 0.351 e. The second-order valence-corrected chi connectivity index (χ2v) is 5.88. The van der Waals surface area contributed by atoms with Crippen molar-refractivity contribution in [3.63, 3.8) is 0 Å². The topological polar surface area (TPSA) is 46.9 Å². The Morgan fingerprint density at radius 3 is 2.78 bits per heavy atom. The minimum Gasteiger partial charge on any atom is -0.351 e. The number of amides is 1. The summed E-state index contributed by atoms with van der Waals surface area (Å²) >= 11 is 6.33. The van der Waals surface area contributed by atoms with Crippen LogP contribution < -0.4 is 5.32 Å². The Bertz CT molecular complexity index is 870. The van der Waals surface area contributed by atoms with Crippen LogP contribution in [0, 0.1) is 6.92 Å². The van der Waals surface area contributed by atoms with Crippen molar-refractivity contribution in [1.82, 2.24) is 15.1 Å². The highest BCUT2D eigenvalue weighted by atomic mass is 35.5. The molecule has 3 aromatic rings. The standard InChI is InChI=1S/C18H18ClN3O/c1-3-20-18(23)17-14-6-4-5-7-16(14)22(21-17)11-13-9-8-12(2)10-15(13)19/h4-10H,3,11H2,1-2H3,(H,20,23). The van der Waals surface area contributed by atoms with E-state index in [9.17, 15) is 4.79 Å². The SMILES string of the molecule is CCNC(=O)c1nn(Cc2ccc(C)cc2Cl)c2ccccc12. The molecule has 0 aliphatic rings. The molecular weight excluding hydrogens is 310 g/mol. The van der Waals surface area contributed by atoms with E-state index in [4.69, 9.17) is 11.6 Å². The number of benzene rings is 2. The van der Waals surface area contributed by atoms with Crippen molar-refractivity contribution >= 4 is 28.4 Å². The van der Waals surface area contributed by atoms with Crippen molar-refractivity contribution in [3.8, 4) is 0 Å². The summed E-state index contributed by atoms with van der Waals surface area (Å²) in [4.78, 5) is 12.2. The van der Waals surface area contributed by atoms with Crippen molar-refractivity contribution in [2.24, 2.45) is 0 Å². The van der Waals surface area contributed by atoms with Gasteiger partial charge in [-0.15, -0.1) is 0 Å². The predicted octanol–water partition coefficient (Wildman–Crippen LogP) is 3.80. The maximum atomic E-state index is 12.2. The van der Waals surface area contributed by atoms with Crippen LogP contribution in [0.15, 0.2) is 42.5 Å². The zero-order valence-electron chi connectivity index (χ0n) is 13.1. The first-order valence-corrected chi connectivity index (χ1v) is 7.96. The zero-order chi connectivity index (χ0) is 16.4. The Labute approximate surface area is 140 Å². The van der Waals surface area contributed by atoms with E-state index >= 15 is 0 Å². The highest BCUT2D eigenvalue weighted by molar-refractivity contribution is 6.31. The minimum absolute atomic E-state index is 0.155. The van der Waals surface area contributed by atoms with E-state index in [0.29, 0.717) is 23.8 Å². The molecule has 0 fully saturated rings. The van der Waals surface area contributed by atoms with Crippen molar-refractivity contribution < 1.29 is 4.79 Å². The van der Waals surface area contributed by atoms with Crippen molar-refractivity contribution in [2.75, 3.05) is 6.54 Å². The van der Waals surface area contributed by atoms with Crippen LogP contribution >= 0.6 is 11.6 Å². The van der Waals surface area contributed by atoms with Gasteiger partial charge < -0.3 is 5.32 Å². The van der Waals surface area contributed by atoms with Gasteiger partial charge in [0.2, 0.25) is 0 Å². The molecule has 0 atom stereocenters. The molecule has 1 amide bonds. The van der Waals surface area contributed by atoms with E-state index in [0.717, 1.165) is 22.0 Å². The van der Waals surface area contributed by atoms with Gasteiger partial charge in [-0.2, -0.15) is 5.10 Å². The number of rotatable bonds is 4. The van der Waals surface area contributed by atoms with E-state index in [1.54, 1.807) is 0 Å². The third-order valence-electron chi connectivity index (χ3n) is 3.74. The molecule has 0 aliphatic carbocycles. The molecule has 1 N–H and O–H groups in total. The van der Waals surface area contributed by atoms with Gasteiger partial charge >= 0.3 is 0 Å². The average molecular weight is 328 g/mol. The number of aromatic nitrogens is 2. The van der Waals surface area contributed by atoms with Crippen LogP contribution in [-0.2, 0) is 6.54 Å². The number of para-hydroxylation sites is 1. The van der Waals surface area contributed by atoms with Gasteiger partial charge in [-0.1, -0.05) is 41.9 Å². The molecule has 23 heavy (non-hydrogen) atoms. The molecule has 0 bridgehead atoms. The predicted molar refractivity (Wildman–Crippen MR) is 93.0 cm³/mol. The fraction of sp³-hybridized carbons (Fsp3) is 0.222. The Morgan fingerprint density at radius 2 is 2.04 bits per heavy atom. The normalized spacial score (nSPS) is 10.9. The van der Waals surface area contributed by atoms with Gasteiger partial charge in [-0.05, 0) is 37.1 Å². The smallest absolute Gasteiger partial charge is 0.272 e. The molecule has 0 aliphatic heterocycles. The lowest BCUT2D eigenvalue weighted by Gasteiger charge is -2.07. The summed E-state index contributed by atoms with van der Waals surface area (Å²) in [6.07, 6.45) is 0. The number of carbonyl (C=O) groups is 1. The first kappa shape index (κ1) is 15.6. The number of hydrogen-bond donors (Lipinski definition) is 1. The lowest BCUT2D eigenvalue weighted by molar-refractivity contribution is 0.0951.